The second kappa shape index (κ2) is 5.35. The van der Waals surface area contributed by atoms with Crippen molar-refractivity contribution >= 4 is 17.7 Å². The van der Waals surface area contributed by atoms with Crippen molar-refractivity contribution in [3.63, 3.8) is 0 Å². The van der Waals surface area contributed by atoms with Crippen molar-refractivity contribution in [2.45, 2.75) is 13.0 Å². The Morgan fingerprint density at radius 3 is 2.48 bits per heavy atom. The summed E-state index contributed by atoms with van der Waals surface area (Å²) < 4.78 is 13.9. The van der Waals surface area contributed by atoms with Crippen LogP contribution in [0, 0.1) is 5.82 Å². The molecule has 0 bridgehead atoms. The number of carbonyl (C=O) groups excluding carboxylic acids is 2. The van der Waals surface area contributed by atoms with Gasteiger partial charge in [-0.2, -0.15) is 0 Å². The number of rotatable bonds is 4. The monoisotopic (exact) mass is 293 g/mol. The van der Waals surface area contributed by atoms with Crippen molar-refractivity contribution in [3.8, 4) is 0 Å². The lowest BCUT2D eigenvalue weighted by Crippen LogP contribution is -2.35. The van der Waals surface area contributed by atoms with Gasteiger partial charge in [-0.25, -0.2) is 4.39 Å². The highest BCUT2D eigenvalue weighted by Crippen LogP contribution is 2.38. The molecule has 110 valence electrons. The highest BCUT2D eigenvalue weighted by molar-refractivity contribution is 6.08. The quantitative estimate of drug-likeness (QED) is 0.869. The number of benzene rings is 1. The van der Waals surface area contributed by atoms with Gasteiger partial charge in [0.25, 0.3) is 5.91 Å². The fourth-order valence-electron chi connectivity index (χ4n) is 2.34. The topological polar surface area (TPSA) is 94.9 Å². The Hall–Kier alpha value is -2.70. The third-order valence-electron chi connectivity index (χ3n) is 3.19. The molecule has 7 heteroatoms. The first kappa shape index (κ1) is 14.7. The minimum Gasteiger partial charge on any atom is -0.503 e. The lowest BCUT2D eigenvalue weighted by molar-refractivity contribution is -0.144. The molecule has 6 nitrogen and oxygen atoms in total. The van der Waals surface area contributed by atoms with Gasteiger partial charge in [0.15, 0.2) is 11.5 Å². The molecule has 1 amide bonds. The number of amides is 1. The average molecular weight is 293 g/mol. The van der Waals surface area contributed by atoms with Gasteiger partial charge < -0.3 is 15.1 Å². The Morgan fingerprint density at radius 2 is 1.95 bits per heavy atom. The van der Waals surface area contributed by atoms with Crippen LogP contribution in [0.1, 0.15) is 18.5 Å². The molecule has 0 radical (unpaired) electrons. The van der Waals surface area contributed by atoms with Crippen LogP contribution in [0.2, 0.25) is 0 Å². The van der Waals surface area contributed by atoms with Crippen molar-refractivity contribution in [1.82, 2.24) is 4.90 Å². The van der Waals surface area contributed by atoms with Crippen LogP contribution < -0.4 is 0 Å². The summed E-state index contributed by atoms with van der Waals surface area (Å²) in [6.07, 6.45) is 0. The number of carbonyl (C=O) groups is 3. The van der Waals surface area contributed by atoms with E-state index in [-0.39, 0.29) is 11.1 Å². The van der Waals surface area contributed by atoms with Gasteiger partial charge >= 0.3 is 5.97 Å². The maximum Gasteiger partial charge on any atom is 0.323 e. The molecule has 1 unspecified atom stereocenters. The maximum atomic E-state index is 13.9. The Balaban J connectivity index is 2.60. The Labute approximate surface area is 119 Å². The number of hydrogen-bond acceptors (Lipinski definition) is 4. The van der Waals surface area contributed by atoms with E-state index in [4.69, 9.17) is 5.11 Å². The maximum absolute atomic E-state index is 13.9. The number of aliphatic hydroxyl groups excluding tert-OH is 1. The highest BCUT2D eigenvalue weighted by atomic mass is 19.1. The third kappa shape index (κ3) is 2.49. The summed E-state index contributed by atoms with van der Waals surface area (Å²) in [5, 5.41) is 18.7. The molecule has 0 fully saturated rings. The van der Waals surface area contributed by atoms with E-state index in [0.29, 0.717) is 0 Å². The fourth-order valence-corrected chi connectivity index (χ4v) is 2.34. The molecular weight excluding hydrogens is 281 g/mol. The Bertz CT molecular complexity index is 667. The lowest BCUT2D eigenvalue weighted by atomic mass is 9.96. The Kier molecular flexibility index (Phi) is 3.75. The standard InChI is InChI=1S/C14H12FNO5/c1-7(17)11-12(8-4-2-3-5-9(8)15)16(6-10(18)19)14(21)13(11)20/h2-5,12,20H,6H2,1H3,(H,18,19). The van der Waals surface area contributed by atoms with E-state index in [1.54, 1.807) is 0 Å². The minimum atomic E-state index is -1.33. The SMILES string of the molecule is CC(=O)C1=C(O)C(=O)N(CC(=O)O)C1c1ccccc1F. The van der Waals surface area contributed by atoms with Gasteiger partial charge in [-0.15, -0.1) is 0 Å². The molecule has 0 aliphatic carbocycles. The molecule has 0 saturated heterocycles. The molecule has 1 atom stereocenters. The van der Waals surface area contributed by atoms with Crippen LogP contribution >= 0.6 is 0 Å². The summed E-state index contributed by atoms with van der Waals surface area (Å²) in [5.41, 5.74) is -0.340. The van der Waals surface area contributed by atoms with E-state index in [2.05, 4.69) is 0 Å². The summed E-state index contributed by atoms with van der Waals surface area (Å²) in [6.45, 7) is 0.371. The van der Waals surface area contributed by atoms with E-state index >= 15 is 0 Å². The number of aliphatic carboxylic acids is 1. The molecule has 1 heterocycles. The van der Waals surface area contributed by atoms with E-state index < -0.39 is 41.8 Å². The van der Waals surface area contributed by atoms with Crippen molar-refractivity contribution in [2.24, 2.45) is 0 Å². The van der Waals surface area contributed by atoms with Crippen LogP contribution in [-0.2, 0) is 14.4 Å². The second-order valence-electron chi connectivity index (χ2n) is 4.57. The van der Waals surface area contributed by atoms with E-state index in [9.17, 15) is 23.9 Å². The number of nitrogens with zero attached hydrogens (tertiary/aromatic N) is 1. The van der Waals surface area contributed by atoms with Crippen molar-refractivity contribution in [2.75, 3.05) is 6.54 Å². The zero-order valence-corrected chi connectivity index (χ0v) is 11.0. The number of halogens is 1. The summed E-state index contributed by atoms with van der Waals surface area (Å²) in [5.74, 6) is -4.49. The fraction of sp³-hybridized carbons (Fsp3) is 0.214. The first-order valence-corrected chi connectivity index (χ1v) is 6.05. The molecule has 0 saturated carbocycles. The van der Waals surface area contributed by atoms with Crippen molar-refractivity contribution in [1.29, 1.82) is 0 Å². The molecule has 1 aromatic carbocycles. The van der Waals surface area contributed by atoms with Crippen molar-refractivity contribution in [3.05, 3.63) is 47.0 Å². The number of carboxylic acid groups (broad SMARTS) is 1. The van der Waals surface area contributed by atoms with Crippen LogP contribution in [0.3, 0.4) is 0 Å². The highest BCUT2D eigenvalue weighted by Gasteiger charge is 2.44. The number of aliphatic hydroxyl groups is 1. The number of Topliss-reactive ketones (excluding diaryl/α,β-unsaturated/α-hetero) is 1. The van der Waals surface area contributed by atoms with Gasteiger partial charge in [0.1, 0.15) is 12.4 Å². The van der Waals surface area contributed by atoms with Crippen LogP contribution in [0.25, 0.3) is 0 Å². The third-order valence-corrected chi connectivity index (χ3v) is 3.19. The summed E-state index contributed by atoms with van der Waals surface area (Å²) in [6, 6.07) is 4.14. The number of ketones is 1. The summed E-state index contributed by atoms with van der Waals surface area (Å²) in [7, 11) is 0. The van der Waals surface area contributed by atoms with Crippen LogP contribution in [0.5, 0.6) is 0 Å². The zero-order chi connectivity index (χ0) is 15.7. The predicted octanol–water partition coefficient (Wildman–Crippen LogP) is 1.19. The van der Waals surface area contributed by atoms with Gasteiger partial charge in [-0.3, -0.25) is 14.4 Å². The Morgan fingerprint density at radius 1 is 1.33 bits per heavy atom. The number of carboxylic acids is 1. The van der Waals surface area contributed by atoms with Gasteiger partial charge in [0, 0.05) is 5.56 Å². The van der Waals surface area contributed by atoms with E-state index in [0.717, 1.165) is 17.9 Å². The molecule has 1 aromatic rings. The van der Waals surface area contributed by atoms with Crippen LogP contribution in [0.4, 0.5) is 4.39 Å². The molecule has 2 N–H and O–H groups in total. The first-order valence-electron chi connectivity index (χ1n) is 6.05. The molecule has 1 aliphatic rings. The zero-order valence-electron chi connectivity index (χ0n) is 11.0. The molecular formula is C14H12FNO5. The van der Waals surface area contributed by atoms with Gasteiger partial charge in [0.05, 0.1) is 11.6 Å². The number of hydrogen-bond donors (Lipinski definition) is 2. The second-order valence-corrected chi connectivity index (χ2v) is 4.57. The molecule has 2 rings (SSSR count). The summed E-state index contributed by atoms with van der Waals surface area (Å²) in [4.78, 5) is 35.2. The first-order chi connectivity index (χ1) is 9.84. The predicted molar refractivity (Wildman–Crippen MR) is 68.8 cm³/mol. The summed E-state index contributed by atoms with van der Waals surface area (Å²) >= 11 is 0. The molecule has 21 heavy (non-hydrogen) atoms. The van der Waals surface area contributed by atoms with Crippen LogP contribution in [-0.4, -0.2) is 39.3 Å². The van der Waals surface area contributed by atoms with Gasteiger partial charge in [-0.05, 0) is 13.0 Å². The van der Waals surface area contributed by atoms with Crippen molar-refractivity contribution < 1.29 is 29.0 Å². The minimum absolute atomic E-state index is 0.0404. The normalized spacial score (nSPS) is 18.3. The van der Waals surface area contributed by atoms with Crippen LogP contribution in [0.15, 0.2) is 35.6 Å². The van der Waals surface area contributed by atoms with Gasteiger partial charge in [-0.1, -0.05) is 18.2 Å². The van der Waals surface area contributed by atoms with Gasteiger partial charge in [0.2, 0.25) is 0 Å². The largest absolute Gasteiger partial charge is 0.503 e. The molecule has 0 aromatic heterocycles. The smallest absolute Gasteiger partial charge is 0.323 e. The van der Waals surface area contributed by atoms with E-state index in [1.165, 1.54) is 18.2 Å². The molecule has 0 spiro atoms. The average Bonchev–Trinajstić information content (AvgIpc) is 2.63. The lowest BCUT2D eigenvalue weighted by Gasteiger charge is -2.25. The molecule has 1 aliphatic heterocycles. The van der Waals surface area contributed by atoms with E-state index in [1.807, 2.05) is 0 Å².